The topological polar surface area (TPSA) is 21.6 Å². The van der Waals surface area contributed by atoms with Crippen molar-refractivity contribution in [1.29, 1.82) is 0 Å². The van der Waals surface area contributed by atoms with E-state index in [9.17, 15) is 0 Å². The normalized spacial score (nSPS) is 11.1. The van der Waals surface area contributed by atoms with E-state index in [4.69, 9.17) is 16.3 Å². The maximum Gasteiger partial charge on any atom is 0.128 e. The number of rotatable bonds is 5. The molecule has 132 valence electrons. The highest BCUT2D eigenvalue weighted by atomic mass is 79.9. The van der Waals surface area contributed by atoms with Crippen molar-refractivity contribution in [2.24, 2.45) is 4.99 Å². The average Bonchev–Trinajstić information content (AvgIpc) is 2.62. The first kappa shape index (κ1) is 18.7. The largest absolute Gasteiger partial charge is 0.488 e. The van der Waals surface area contributed by atoms with E-state index in [0.29, 0.717) is 11.6 Å². The molecule has 0 aliphatic rings. The molecule has 0 aliphatic carbocycles. The van der Waals surface area contributed by atoms with Gasteiger partial charge in [0.15, 0.2) is 0 Å². The highest BCUT2D eigenvalue weighted by Crippen LogP contribution is 2.26. The Labute approximate surface area is 167 Å². The Bertz CT molecular complexity index is 953. The number of ether oxygens (including phenoxy) is 1. The number of nitrogens with zero attached hydrogens (tertiary/aromatic N) is 1. The minimum absolute atomic E-state index is 0.451. The van der Waals surface area contributed by atoms with Gasteiger partial charge in [-0.3, -0.25) is 4.99 Å². The van der Waals surface area contributed by atoms with Crippen LogP contribution in [0.4, 0.5) is 5.69 Å². The molecule has 0 aliphatic heterocycles. The maximum atomic E-state index is 6.04. The lowest BCUT2D eigenvalue weighted by molar-refractivity contribution is 0.306. The summed E-state index contributed by atoms with van der Waals surface area (Å²) in [6.07, 6.45) is 1.85. The van der Waals surface area contributed by atoms with Crippen molar-refractivity contribution < 1.29 is 4.74 Å². The van der Waals surface area contributed by atoms with Crippen molar-refractivity contribution in [1.82, 2.24) is 0 Å². The lowest BCUT2D eigenvalue weighted by atomic mass is 10.1. The van der Waals surface area contributed by atoms with Crippen LogP contribution in [0.3, 0.4) is 0 Å². The predicted octanol–water partition coefficient (Wildman–Crippen LogP) is 7.05. The van der Waals surface area contributed by atoms with E-state index in [1.165, 1.54) is 11.1 Å². The van der Waals surface area contributed by atoms with Crippen molar-refractivity contribution in [2.75, 3.05) is 0 Å². The van der Waals surface area contributed by atoms with E-state index < -0.39 is 0 Å². The lowest BCUT2D eigenvalue weighted by Gasteiger charge is -2.10. The van der Waals surface area contributed by atoms with Crippen molar-refractivity contribution in [3.8, 4) is 5.75 Å². The zero-order chi connectivity index (χ0) is 18.5. The number of aryl methyl sites for hydroxylation is 1. The summed E-state index contributed by atoms with van der Waals surface area (Å²) in [7, 11) is 0. The maximum absolute atomic E-state index is 6.04. The van der Waals surface area contributed by atoms with Gasteiger partial charge in [-0.15, -0.1) is 0 Å². The predicted molar refractivity (Wildman–Crippen MR) is 113 cm³/mol. The first-order valence-corrected chi connectivity index (χ1v) is 9.47. The fourth-order valence-electron chi connectivity index (χ4n) is 2.55. The van der Waals surface area contributed by atoms with Crippen LogP contribution < -0.4 is 4.74 Å². The van der Waals surface area contributed by atoms with E-state index in [0.717, 1.165) is 27.0 Å². The smallest absolute Gasteiger partial charge is 0.128 e. The van der Waals surface area contributed by atoms with Gasteiger partial charge in [0.1, 0.15) is 12.4 Å². The third-order valence-electron chi connectivity index (χ3n) is 4.17. The molecular weight excluding hydrogens is 410 g/mol. The second kappa shape index (κ2) is 8.52. The molecule has 0 spiro atoms. The Balaban J connectivity index is 1.84. The molecule has 0 amide bonds. The van der Waals surface area contributed by atoms with Gasteiger partial charge >= 0.3 is 0 Å². The van der Waals surface area contributed by atoms with Crippen LogP contribution in [-0.2, 0) is 6.61 Å². The van der Waals surface area contributed by atoms with Crippen molar-refractivity contribution in [2.45, 2.75) is 20.5 Å². The molecule has 0 unspecified atom stereocenters. The number of benzene rings is 3. The van der Waals surface area contributed by atoms with Crippen LogP contribution in [0.2, 0.25) is 5.02 Å². The minimum Gasteiger partial charge on any atom is -0.488 e. The van der Waals surface area contributed by atoms with E-state index >= 15 is 0 Å². The van der Waals surface area contributed by atoms with E-state index in [2.05, 4.69) is 40.8 Å². The summed E-state index contributed by atoms with van der Waals surface area (Å²) in [5.74, 6) is 0.780. The van der Waals surface area contributed by atoms with Gasteiger partial charge in [-0.05, 0) is 66.9 Å². The van der Waals surface area contributed by atoms with E-state index in [-0.39, 0.29) is 0 Å². The highest BCUT2D eigenvalue weighted by Gasteiger charge is 2.05. The molecule has 0 aromatic heterocycles. The van der Waals surface area contributed by atoms with E-state index in [1.807, 2.05) is 60.8 Å². The quantitative estimate of drug-likeness (QED) is 0.399. The summed E-state index contributed by atoms with van der Waals surface area (Å²) in [5.41, 5.74) is 5.32. The van der Waals surface area contributed by atoms with E-state index in [1.54, 1.807) is 0 Å². The molecule has 26 heavy (non-hydrogen) atoms. The summed E-state index contributed by atoms with van der Waals surface area (Å²) in [6.45, 7) is 4.62. The van der Waals surface area contributed by atoms with Crippen LogP contribution in [-0.4, -0.2) is 6.21 Å². The second-order valence-corrected chi connectivity index (χ2v) is 7.43. The molecule has 2 nitrogen and oxygen atoms in total. The average molecular weight is 429 g/mol. The summed E-state index contributed by atoms with van der Waals surface area (Å²) in [4.78, 5) is 4.66. The van der Waals surface area contributed by atoms with Gasteiger partial charge < -0.3 is 4.74 Å². The fraction of sp³-hybridized carbons (Fsp3) is 0.136. The summed E-state index contributed by atoms with van der Waals surface area (Å²) < 4.78 is 6.99. The second-order valence-electron chi connectivity index (χ2n) is 6.08. The van der Waals surface area contributed by atoms with Crippen molar-refractivity contribution >= 4 is 39.4 Å². The Kier molecular flexibility index (Phi) is 6.12. The summed E-state index contributed by atoms with van der Waals surface area (Å²) in [6, 6.07) is 19.7. The minimum atomic E-state index is 0.451. The van der Waals surface area contributed by atoms with Crippen LogP contribution in [0.1, 0.15) is 22.3 Å². The Morgan fingerprint density at radius 1 is 1.04 bits per heavy atom. The van der Waals surface area contributed by atoms with Gasteiger partial charge in [-0.2, -0.15) is 0 Å². The molecular formula is C22H19BrClNO. The summed E-state index contributed by atoms with van der Waals surface area (Å²) in [5, 5.41) is 0.707. The van der Waals surface area contributed by atoms with Gasteiger partial charge in [-0.25, -0.2) is 0 Å². The fourth-order valence-corrected chi connectivity index (χ4v) is 3.15. The zero-order valence-electron chi connectivity index (χ0n) is 14.7. The summed E-state index contributed by atoms with van der Waals surface area (Å²) >= 11 is 9.56. The molecule has 0 saturated heterocycles. The molecule has 3 rings (SSSR count). The van der Waals surface area contributed by atoms with Crippen LogP contribution in [0.15, 0.2) is 70.1 Å². The zero-order valence-corrected chi connectivity index (χ0v) is 17.0. The molecule has 4 heteroatoms. The van der Waals surface area contributed by atoms with Gasteiger partial charge in [-0.1, -0.05) is 51.8 Å². The van der Waals surface area contributed by atoms with Crippen LogP contribution >= 0.6 is 27.5 Å². The van der Waals surface area contributed by atoms with Crippen LogP contribution in [0.25, 0.3) is 0 Å². The standard InChI is InChI=1S/C22H19BrClNO/c1-15-5-3-8-21(16(15)2)25-13-18-12-19(23)9-10-22(18)26-14-17-6-4-7-20(24)11-17/h3-13H,14H2,1-2H3. The number of hydrogen-bond acceptors (Lipinski definition) is 2. The molecule has 3 aromatic rings. The van der Waals surface area contributed by atoms with Crippen LogP contribution in [0, 0.1) is 13.8 Å². The Morgan fingerprint density at radius 3 is 2.65 bits per heavy atom. The first-order chi connectivity index (χ1) is 12.5. The van der Waals surface area contributed by atoms with Gasteiger partial charge in [0.2, 0.25) is 0 Å². The third kappa shape index (κ3) is 4.75. The molecule has 0 N–H and O–H groups in total. The molecule has 0 saturated carbocycles. The first-order valence-electron chi connectivity index (χ1n) is 8.30. The molecule has 3 aromatic carbocycles. The van der Waals surface area contributed by atoms with Crippen molar-refractivity contribution in [3.63, 3.8) is 0 Å². The highest BCUT2D eigenvalue weighted by molar-refractivity contribution is 9.10. The van der Waals surface area contributed by atoms with Crippen LogP contribution in [0.5, 0.6) is 5.75 Å². The van der Waals surface area contributed by atoms with Gasteiger partial charge in [0, 0.05) is 21.3 Å². The Hall–Kier alpha value is -2.10. The van der Waals surface area contributed by atoms with Gasteiger partial charge in [0.05, 0.1) is 5.69 Å². The molecule has 0 fully saturated rings. The molecule has 0 radical (unpaired) electrons. The monoisotopic (exact) mass is 427 g/mol. The molecule has 0 bridgehead atoms. The Morgan fingerprint density at radius 2 is 1.85 bits per heavy atom. The number of hydrogen-bond donors (Lipinski definition) is 0. The lowest BCUT2D eigenvalue weighted by Crippen LogP contribution is -1.98. The van der Waals surface area contributed by atoms with Crippen molar-refractivity contribution in [3.05, 3.63) is 92.4 Å². The molecule has 0 atom stereocenters. The van der Waals surface area contributed by atoms with Gasteiger partial charge in [0.25, 0.3) is 0 Å². The number of aliphatic imine (C=N–C) groups is 1. The third-order valence-corrected chi connectivity index (χ3v) is 4.90. The SMILES string of the molecule is Cc1cccc(N=Cc2cc(Br)ccc2OCc2cccc(Cl)c2)c1C. The number of halogens is 2. The molecule has 0 heterocycles.